The lowest BCUT2D eigenvalue weighted by molar-refractivity contribution is 0.660. The first-order valence-electron chi connectivity index (χ1n) is 18.6. The molecule has 4 nitrogen and oxygen atoms in total. The van der Waals surface area contributed by atoms with Crippen LogP contribution >= 0.6 is 0 Å². The third-order valence-electron chi connectivity index (χ3n) is 11.1. The van der Waals surface area contributed by atoms with Gasteiger partial charge in [0.2, 0.25) is 0 Å². The number of aromatic nitrogens is 3. The van der Waals surface area contributed by atoms with E-state index in [0.717, 1.165) is 34.1 Å². The lowest BCUT2D eigenvalue weighted by Crippen LogP contribution is -2.14. The summed E-state index contributed by atoms with van der Waals surface area (Å²) in [6.45, 7) is 6.85. The zero-order chi connectivity index (χ0) is 36.4. The number of pyridine rings is 2. The Hall–Kier alpha value is -6.78. The van der Waals surface area contributed by atoms with Crippen molar-refractivity contribution < 1.29 is 0 Å². The molecule has 0 radical (unpaired) electrons. The van der Waals surface area contributed by atoms with Crippen LogP contribution in [0.5, 0.6) is 0 Å². The fraction of sp³-hybridized carbons (Fsp3) is 0.0980. The molecule has 1 aliphatic rings. The number of nitrogens with zero attached hydrogens (tertiary/aromatic N) is 4. The first kappa shape index (κ1) is 34.0. The number of aryl methyl sites for hydroxylation is 1. The number of benzene rings is 6. The Morgan fingerprint density at radius 1 is 0.509 bits per heavy atom. The van der Waals surface area contributed by atoms with Crippen molar-refractivity contribution in [2.75, 3.05) is 4.90 Å². The number of hydrogen-bond donors (Lipinski definition) is 0. The van der Waals surface area contributed by atoms with E-state index < -0.39 is 0 Å². The van der Waals surface area contributed by atoms with Gasteiger partial charge in [-0.1, -0.05) is 106 Å². The summed E-state index contributed by atoms with van der Waals surface area (Å²) in [5.41, 5.74) is 17.3. The zero-order valence-electron chi connectivity index (χ0n) is 30.5. The van der Waals surface area contributed by atoms with Crippen LogP contribution in [0.25, 0.3) is 61.1 Å². The predicted octanol–water partition coefficient (Wildman–Crippen LogP) is 13.6. The van der Waals surface area contributed by atoms with Gasteiger partial charge < -0.3 is 9.47 Å². The second-order valence-electron chi connectivity index (χ2n) is 14.8. The Bertz CT molecular complexity index is 2850. The van der Waals surface area contributed by atoms with Crippen LogP contribution in [-0.2, 0) is 5.41 Å². The highest BCUT2D eigenvalue weighted by atomic mass is 15.1. The monoisotopic (exact) mass is 710 g/mol. The summed E-state index contributed by atoms with van der Waals surface area (Å²) >= 11 is 0. The average Bonchev–Trinajstić information content (AvgIpc) is 3.66. The van der Waals surface area contributed by atoms with E-state index in [1.807, 2.05) is 30.6 Å². The molecule has 0 bridgehead atoms. The maximum atomic E-state index is 4.94. The number of fused-ring (bicyclic) bond motifs is 6. The van der Waals surface area contributed by atoms with Crippen molar-refractivity contribution in [3.8, 4) is 39.3 Å². The summed E-state index contributed by atoms with van der Waals surface area (Å²) in [6, 6.07) is 59.1. The molecule has 10 rings (SSSR count). The van der Waals surface area contributed by atoms with Gasteiger partial charge in [-0.2, -0.15) is 0 Å². The quantitative estimate of drug-likeness (QED) is 0.172. The molecule has 4 heteroatoms. The fourth-order valence-electron chi connectivity index (χ4n) is 8.46. The van der Waals surface area contributed by atoms with Crippen LogP contribution < -0.4 is 4.90 Å². The number of hydrogen-bond acceptors (Lipinski definition) is 3. The van der Waals surface area contributed by atoms with Crippen molar-refractivity contribution in [1.82, 2.24) is 14.5 Å². The normalized spacial score (nSPS) is 12.6. The van der Waals surface area contributed by atoms with Crippen LogP contribution in [0, 0.1) is 6.92 Å². The highest BCUT2D eigenvalue weighted by Crippen LogP contribution is 2.50. The van der Waals surface area contributed by atoms with Gasteiger partial charge >= 0.3 is 0 Å². The van der Waals surface area contributed by atoms with E-state index in [9.17, 15) is 0 Å². The molecule has 6 aromatic carbocycles. The highest BCUT2D eigenvalue weighted by Gasteiger charge is 2.35. The second-order valence-corrected chi connectivity index (χ2v) is 14.8. The molecule has 9 aromatic rings. The van der Waals surface area contributed by atoms with Crippen LogP contribution in [0.1, 0.15) is 38.0 Å². The Labute approximate surface area is 323 Å². The molecule has 0 atom stereocenters. The summed E-state index contributed by atoms with van der Waals surface area (Å²) in [5.74, 6) is 0. The van der Waals surface area contributed by atoms with Crippen molar-refractivity contribution in [3.63, 3.8) is 0 Å². The Morgan fingerprint density at radius 3 is 2.00 bits per heavy atom. The number of anilines is 3. The molecule has 0 saturated heterocycles. The van der Waals surface area contributed by atoms with E-state index in [2.05, 4.69) is 181 Å². The van der Waals surface area contributed by atoms with Gasteiger partial charge in [0.05, 0.1) is 34.3 Å². The van der Waals surface area contributed by atoms with Crippen LogP contribution in [0.3, 0.4) is 0 Å². The van der Waals surface area contributed by atoms with Gasteiger partial charge in [0.1, 0.15) is 0 Å². The number of para-hydroxylation sites is 1. The van der Waals surface area contributed by atoms with Crippen molar-refractivity contribution in [2.24, 2.45) is 0 Å². The molecule has 1 aliphatic carbocycles. The van der Waals surface area contributed by atoms with E-state index in [1.165, 1.54) is 60.8 Å². The lowest BCUT2D eigenvalue weighted by Gasteiger charge is -2.26. The molecule has 0 saturated carbocycles. The highest BCUT2D eigenvalue weighted by molar-refractivity contribution is 6.11. The van der Waals surface area contributed by atoms with Gasteiger partial charge in [-0.25, -0.2) is 0 Å². The fourth-order valence-corrected chi connectivity index (χ4v) is 8.46. The molecular weight excluding hydrogens is 669 g/mol. The SMILES string of the molecule is C.Cc1ccc2c(c1)c1cc(N(c3ccc(-c4ccccn4)nc3)c3cccc(-c4ccc5c(c4)C(C)(C)c4ccccc4-5)c3)ccc1n2-c1ccccc1. The summed E-state index contributed by atoms with van der Waals surface area (Å²) in [4.78, 5) is 11.8. The van der Waals surface area contributed by atoms with Gasteiger partial charge in [0.15, 0.2) is 0 Å². The lowest BCUT2D eigenvalue weighted by atomic mass is 9.81. The molecule has 3 aromatic heterocycles. The molecule has 0 fully saturated rings. The van der Waals surface area contributed by atoms with Gasteiger partial charge in [-0.3, -0.25) is 9.97 Å². The topological polar surface area (TPSA) is 34.0 Å². The van der Waals surface area contributed by atoms with Crippen LogP contribution in [0.2, 0.25) is 0 Å². The second kappa shape index (κ2) is 13.3. The molecule has 0 amide bonds. The van der Waals surface area contributed by atoms with Gasteiger partial charge in [0.25, 0.3) is 0 Å². The van der Waals surface area contributed by atoms with Crippen molar-refractivity contribution >= 4 is 38.9 Å². The molecule has 55 heavy (non-hydrogen) atoms. The minimum atomic E-state index is -0.0701. The summed E-state index contributed by atoms with van der Waals surface area (Å²) in [7, 11) is 0. The zero-order valence-corrected chi connectivity index (χ0v) is 30.5. The maximum Gasteiger partial charge on any atom is 0.0887 e. The van der Waals surface area contributed by atoms with Crippen LogP contribution in [0.4, 0.5) is 17.1 Å². The first-order chi connectivity index (χ1) is 26.4. The Kier molecular flexibility index (Phi) is 8.20. The standard InChI is InChI=1S/C50H38N4.CH4/c1-33-19-25-48-42(28-33)43-31-38(22-26-49(43)54(48)36-13-5-4-6-14-36)53(39-21-24-47(52-32-39)46-18-9-10-27-51-46)37-15-11-12-34(29-37)35-20-23-41-40-16-7-8-17-44(40)50(2,3)45(41)30-35;/h4-32H,1-3H3;1H4. The summed E-state index contributed by atoms with van der Waals surface area (Å²) in [5, 5.41) is 2.43. The molecule has 3 heterocycles. The van der Waals surface area contributed by atoms with E-state index in [-0.39, 0.29) is 12.8 Å². The third kappa shape index (κ3) is 5.61. The molecular formula is C51H42N4. The largest absolute Gasteiger partial charge is 0.309 e. The molecule has 266 valence electrons. The van der Waals surface area contributed by atoms with Crippen LogP contribution in [0.15, 0.2) is 176 Å². The van der Waals surface area contributed by atoms with E-state index in [4.69, 9.17) is 4.98 Å². The number of rotatable bonds is 6. The van der Waals surface area contributed by atoms with Gasteiger partial charge in [-0.15, -0.1) is 0 Å². The van der Waals surface area contributed by atoms with E-state index in [0.29, 0.717) is 0 Å². The average molecular weight is 711 g/mol. The Morgan fingerprint density at radius 2 is 1.20 bits per heavy atom. The molecule has 0 N–H and O–H groups in total. The van der Waals surface area contributed by atoms with E-state index in [1.54, 1.807) is 0 Å². The molecule has 0 aliphatic heterocycles. The predicted molar refractivity (Wildman–Crippen MR) is 231 cm³/mol. The van der Waals surface area contributed by atoms with Crippen molar-refractivity contribution in [1.29, 1.82) is 0 Å². The maximum absolute atomic E-state index is 4.94. The molecule has 0 unspecified atom stereocenters. The Balaban J connectivity index is 0.00000397. The molecule has 0 spiro atoms. The summed E-state index contributed by atoms with van der Waals surface area (Å²) < 4.78 is 2.37. The van der Waals surface area contributed by atoms with Gasteiger partial charge in [0, 0.05) is 39.4 Å². The third-order valence-corrected chi connectivity index (χ3v) is 11.1. The summed E-state index contributed by atoms with van der Waals surface area (Å²) in [6.07, 6.45) is 3.78. The first-order valence-corrected chi connectivity index (χ1v) is 18.6. The van der Waals surface area contributed by atoms with Gasteiger partial charge in [-0.05, 0) is 125 Å². The minimum absolute atomic E-state index is 0. The minimum Gasteiger partial charge on any atom is -0.309 e. The van der Waals surface area contributed by atoms with Crippen molar-refractivity contribution in [3.05, 3.63) is 193 Å². The smallest absolute Gasteiger partial charge is 0.0887 e. The van der Waals surface area contributed by atoms with E-state index >= 15 is 0 Å². The van der Waals surface area contributed by atoms with Crippen LogP contribution in [-0.4, -0.2) is 14.5 Å². The van der Waals surface area contributed by atoms with Crippen molar-refractivity contribution in [2.45, 2.75) is 33.6 Å².